The van der Waals surface area contributed by atoms with E-state index in [2.05, 4.69) is 19.2 Å². The zero-order valence-electron chi connectivity index (χ0n) is 10.8. The first kappa shape index (κ1) is 14.0. The zero-order chi connectivity index (χ0) is 12.2. The first-order valence-corrected chi connectivity index (χ1v) is 8.28. The topological polar surface area (TPSA) is 46.2 Å². The van der Waals surface area contributed by atoms with Gasteiger partial charge in [0.1, 0.15) is 9.84 Å². The van der Waals surface area contributed by atoms with Crippen LogP contribution in [0.4, 0.5) is 0 Å². The minimum atomic E-state index is -2.80. The summed E-state index contributed by atoms with van der Waals surface area (Å²) in [5.41, 5.74) is 0.276. The highest BCUT2D eigenvalue weighted by Gasteiger charge is 2.36. The number of sulfone groups is 1. The molecule has 0 aromatic heterocycles. The van der Waals surface area contributed by atoms with Crippen molar-refractivity contribution in [2.24, 2.45) is 11.3 Å². The smallest absolute Gasteiger partial charge is 0.147 e. The largest absolute Gasteiger partial charge is 0.316 e. The first-order valence-electron chi connectivity index (χ1n) is 6.21. The Morgan fingerprint density at radius 1 is 1.31 bits per heavy atom. The fourth-order valence-electron chi connectivity index (χ4n) is 2.22. The fourth-order valence-corrected chi connectivity index (χ4v) is 3.02. The standard InChI is InChI=1S/C12H25NO2S/c1-11(2)9-13-10-12(5-4-6-12)7-8-16(3,14)15/h11,13H,4-10H2,1-3H3. The third-order valence-electron chi connectivity index (χ3n) is 3.47. The van der Waals surface area contributed by atoms with Gasteiger partial charge in [-0.25, -0.2) is 8.42 Å². The summed E-state index contributed by atoms with van der Waals surface area (Å²) in [7, 11) is -2.80. The lowest BCUT2D eigenvalue weighted by Gasteiger charge is -2.42. The van der Waals surface area contributed by atoms with E-state index in [0.717, 1.165) is 19.5 Å². The van der Waals surface area contributed by atoms with Crippen molar-refractivity contribution in [3.8, 4) is 0 Å². The molecule has 0 unspecified atom stereocenters. The van der Waals surface area contributed by atoms with Crippen LogP contribution in [0.3, 0.4) is 0 Å². The Kier molecular flexibility index (Phi) is 4.80. The second-order valence-electron chi connectivity index (χ2n) is 5.76. The van der Waals surface area contributed by atoms with Crippen molar-refractivity contribution >= 4 is 9.84 Å². The zero-order valence-corrected chi connectivity index (χ0v) is 11.6. The molecule has 0 bridgehead atoms. The van der Waals surface area contributed by atoms with Crippen LogP contribution in [0.15, 0.2) is 0 Å². The molecule has 0 aromatic rings. The molecule has 16 heavy (non-hydrogen) atoms. The minimum Gasteiger partial charge on any atom is -0.316 e. The van der Waals surface area contributed by atoms with Crippen molar-refractivity contribution in [2.45, 2.75) is 39.5 Å². The van der Waals surface area contributed by atoms with Gasteiger partial charge in [-0.3, -0.25) is 0 Å². The van der Waals surface area contributed by atoms with E-state index in [-0.39, 0.29) is 5.41 Å². The second kappa shape index (κ2) is 5.50. The highest BCUT2D eigenvalue weighted by Crippen LogP contribution is 2.43. The molecule has 96 valence electrons. The van der Waals surface area contributed by atoms with E-state index < -0.39 is 9.84 Å². The molecule has 1 rings (SSSR count). The molecule has 1 saturated carbocycles. The Hall–Kier alpha value is -0.0900. The number of hydrogen-bond donors (Lipinski definition) is 1. The van der Waals surface area contributed by atoms with E-state index in [1.54, 1.807) is 0 Å². The maximum Gasteiger partial charge on any atom is 0.147 e. The van der Waals surface area contributed by atoms with Crippen LogP contribution in [0.2, 0.25) is 0 Å². The van der Waals surface area contributed by atoms with Gasteiger partial charge in [0.05, 0.1) is 5.75 Å². The average molecular weight is 247 g/mol. The number of nitrogens with one attached hydrogen (secondary N) is 1. The Morgan fingerprint density at radius 3 is 2.31 bits per heavy atom. The van der Waals surface area contributed by atoms with Crippen molar-refractivity contribution in [3.05, 3.63) is 0 Å². The quantitative estimate of drug-likeness (QED) is 0.746. The van der Waals surface area contributed by atoms with E-state index in [0.29, 0.717) is 11.7 Å². The van der Waals surface area contributed by atoms with Gasteiger partial charge >= 0.3 is 0 Å². The molecule has 0 aliphatic heterocycles. The molecule has 0 aromatic carbocycles. The van der Waals surface area contributed by atoms with Gasteiger partial charge in [0.15, 0.2) is 0 Å². The molecule has 1 fully saturated rings. The summed E-state index contributed by atoms with van der Waals surface area (Å²) in [5, 5.41) is 3.47. The molecule has 0 spiro atoms. The predicted octanol–water partition coefficient (Wildman–Crippen LogP) is 1.84. The third-order valence-corrected chi connectivity index (χ3v) is 4.42. The van der Waals surface area contributed by atoms with Crippen molar-refractivity contribution in [3.63, 3.8) is 0 Å². The van der Waals surface area contributed by atoms with Gasteiger partial charge in [-0.05, 0) is 37.1 Å². The SMILES string of the molecule is CC(C)CNCC1(CCS(C)(=O)=O)CCC1. The van der Waals surface area contributed by atoms with Crippen LogP contribution in [0.25, 0.3) is 0 Å². The van der Waals surface area contributed by atoms with Gasteiger partial charge in [-0.1, -0.05) is 20.3 Å². The van der Waals surface area contributed by atoms with Gasteiger partial charge in [-0.2, -0.15) is 0 Å². The molecule has 0 amide bonds. The molecule has 1 aliphatic carbocycles. The summed E-state index contributed by atoms with van der Waals surface area (Å²) in [6.07, 6.45) is 5.80. The molecule has 4 heteroatoms. The van der Waals surface area contributed by atoms with Gasteiger partial charge < -0.3 is 5.32 Å². The minimum absolute atomic E-state index is 0.276. The maximum absolute atomic E-state index is 11.2. The molecular formula is C12H25NO2S. The predicted molar refractivity (Wildman–Crippen MR) is 68.3 cm³/mol. The summed E-state index contributed by atoms with van der Waals surface area (Å²) < 4.78 is 22.4. The molecule has 3 nitrogen and oxygen atoms in total. The van der Waals surface area contributed by atoms with Crippen molar-refractivity contribution in [2.75, 3.05) is 25.1 Å². The van der Waals surface area contributed by atoms with E-state index in [9.17, 15) is 8.42 Å². The Bertz CT molecular complexity index is 305. The monoisotopic (exact) mass is 247 g/mol. The number of hydrogen-bond acceptors (Lipinski definition) is 3. The summed E-state index contributed by atoms with van der Waals surface area (Å²) >= 11 is 0. The van der Waals surface area contributed by atoms with E-state index in [1.807, 2.05) is 0 Å². The normalized spacial score (nSPS) is 19.8. The van der Waals surface area contributed by atoms with Crippen LogP contribution < -0.4 is 5.32 Å². The lowest BCUT2D eigenvalue weighted by atomic mass is 9.67. The van der Waals surface area contributed by atoms with Crippen LogP contribution in [0, 0.1) is 11.3 Å². The van der Waals surface area contributed by atoms with E-state index >= 15 is 0 Å². The lowest BCUT2D eigenvalue weighted by Crippen LogP contribution is -2.42. The van der Waals surface area contributed by atoms with Crippen LogP contribution >= 0.6 is 0 Å². The van der Waals surface area contributed by atoms with Crippen molar-refractivity contribution in [1.29, 1.82) is 0 Å². The fraction of sp³-hybridized carbons (Fsp3) is 1.00. The van der Waals surface area contributed by atoms with Gasteiger partial charge in [0.2, 0.25) is 0 Å². The molecular weight excluding hydrogens is 222 g/mol. The summed E-state index contributed by atoms with van der Waals surface area (Å²) in [4.78, 5) is 0. The molecule has 1 N–H and O–H groups in total. The first-order chi connectivity index (χ1) is 7.33. The Morgan fingerprint density at radius 2 is 1.94 bits per heavy atom. The molecule has 0 saturated heterocycles. The van der Waals surface area contributed by atoms with Crippen LogP contribution in [-0.4, -0.2) is 33.5 Å². The molecule has 0 atom stereocenters. The lowest BCUT2D eigenvalue weighted by molar-refractivity contribution is 0.124. The highest BCUT2D eigenvalue weighted by molar-refractivity contribution is 7.90. The third kappa shape index (κ3) is 4.83. The second-order valence-corrected chi connectivity index (χ2v) is 8.02. The van der Waals surface area contributed by atoms with Crippen LogP contribution in [0.5, 0.6) is 0 Å². The van der Waals surface area contributed by atoms with Crippen LogP contribution in [0.1, 0.15) is 39.5 Å². The van der Waals surface area contributed by atoms with Crippen molar-refractivity contribution in [1.82, 2.24) is 5.32 Å². The summed E-state index contributed by atoms with van der Waals surface area (Å²) in [6, 6.07) is 0. The molecule has 0 radical (unpaired) electrons. The van der Waals surface area contributed by atoms with Crippen LogP contribution in [-0.2, 0) is 9.84 Å². The Balaban J connectivity index is 2.33. The molecule has 0 heterocycles. The molecule has 1 aliphatic rings. The average Bonchev–Trinajstić information content (AvgIpc) is 2.05. The Labute approximate surface area is 99.9 Å². The van der Waals surface area contributed by atoms with Gasteiger partial charge in [0.25, 0.3) is 0 Å². The maximum atomic E-state index is 11.2. The van der Waals surface area contributed by atoms with Gasteiger partial charge in [-0.15, -0.1) is 0 Å². The summed E-state index contributed by atoms with van der Waals surface area (Å²) in [6.45, 7) is 6.40. The van der Waals surface area contributed by atoms with E-state index in [4.69, 9.17) is 0 Å². The van der Waals surface area contributed by atoms with E-state index in [1.165, 1.54) is 25.5 Å². The van der Waals surface area contributed by atoms with Gasteiger partial charge in [0, 0.05) is 12.8 Å². The van der Waals surface area contributed by atoms with Crippen molar-refractivity contribution < 1.29 is 8.42 Å². The highest BCUT2D eigenvalue weighted by atomic mass is 32.2. The summed E-state index contributed by atoms with van der Waals surface area (Å²) in [5.74, 6) is 1.00. The number of rotatable bonds is 7.